The quantitative estimate of drug-likeness (QED) is 0.569. The fourth-order valence-electron chi connectivity index (χ4n) is 1.87. The molecule has 3 rings (SSSR count). The van der Waals surface area contributed by atoms with E-state index in [0.29, 0.717) is 29.0 Å². The monoisotopic (exact) mass is 382 g/mol. The number of hydrogen-bond donors (Lipinski definition) is 0. The van der Waals surface area contributed by atoms with Crippen molar-refractivity contribution in [2.24, 2.45) is 0 Å². The van der Waals surface area contributed by atoms with E-state index >= 15 is 0 Å². The van der Waals surface area contributed by atoms with Crippen LogP contribution in [0.2, 0.25) is 0 Å². The van der Waals surface area contributed by atoms with Gasteiger partial charge in [0.1, 0.15) is 11.5 Å². The first-order valence-electron chi connectivity index (χ1n) is 6.78. The molecule has 0 bridgehead atoms. The van der Waals surface area contributed by atoms with Gasteiger partial charge in [0.25, 0.3) is 0 Å². The Morgan fingerprint density at radius 3 is 2.71 bits per heavy atom. The average molecular weight is 382 g/mol. The normalized spacial score (nSPS) is 10.8. The molecule has 0 atom stereocenters. The van der Waals surface area contributed by atoms with Crippen LogP contribution in [0.4, 0.5) is 0 Å². The van der Waals surface area contributed by atoms with Crippen LogP contribution < -0.4 is 9.47 Å². The van der Waals surface area contributed by atoms with Crippen molar-refractivity contribution in [2.45, 2.75) is 14.4 Å². The van der Waals surface area contributed by atoms with Crippen molar-refractivity contribution in [1.82, 2.24) is 20.3 Å². The van der Waals surface area contributed by atoms with E-state index in [4.69, 9.17) is 14.0 Å². The van der Waals surface area contributed by atoms with Crippen LogP contribution in [0.25, 0.3) is 11.4 Å². The van der Waals surface area contributed by atoms with Gasteiger partial charge in [-0.2, -0.15) is 4.98 Å². The number of rotatable bonds is 7. The Kier molecular flexibility index (Phi) is 5.59. The average Bonchev–Trinajstić information content (AvgIpc) is 3.28. The molecule has 3 aromatic rings. The molecule has 0 aliphatic heterocycles. The summed E-state index contributed by atoms with van der Waals surface area (Å²) < 4.78 is 17.7. The molecule has 10 heteroatoms. The minimum absolute atomic E-state index is 0.479. The van der Waals surface area contributed by atoms with Crippen LogP contribution in [0.15, 0.2) is 31.4 Å². The smallest absolute Gasteiger partial charge is 0.237 e. The SMILES string of the molecule is COc1ccc(-c2noc(CSc3nnc(SC)s3)n2)c(OC)c1. The van der Waals surface area contributed by atoms with Gasteiger partial charge in [-0.1, -0.05) is 40.0 Å². The molecule has 0 spiro atoms. The molecule has 0 aliphatic rings. The van der Waals surface area contributed by atoms with Crippen molar-refractivity contribution in [2.75, 3.05) is 20.5 Å². The maximum Gasteiger partial charge on any atom is 0.237 e. The molecule has 0 unspecified atom stereocenters. The van der Waals surface area contributed by atoms with Crippen molar-refractivity contribution >= 4 is 34.9 Å². The summed E-state index contributed by atoms with van der Waals surface area (Å²) in [6, 6.07) is 5.45. The second kappa shape index (κ2) is 7.86. The van der Waals surface area contributed by atoms with Crippen LogP contribution in [0.3, 0.4) is 0 Å². The van der Waals surface area contributed by atoms with E-state index < -0.39 is 0 Å². The number of hydrogen-bond acceptors (Lipinski definition) is 10. The van der Waals surface area contributed by atoms with E-state index in [-0.39, 0.29) is 0 Å². The molecular weight excluding hydrogens is 368 g/mol. The van der Waals surface area contributed by atoms with Crippen molar-refractivity contribution < 1.29 is 14.0 Å². The van der Waals surface area contributed by atoms with Gasteiger partial charge in [-0.05, 0) is 18.4 Å². The highest BCUT2D eigenvalue weighted by molar-refractivity contribution is 8.02. The van der Waals surface area contributed by atoms with Crippen LogP contribution >= 0.6 is 34.9 Å². The zero-order valence-electron chi connectivity index (χ0n) is 13.2. The summed E-state index contributed by atoms with van der Waals surface area (Å²) in [5, 5.41) is 12.2. The maximum atomic E-state index is 5.37. The minimum Gasteiger partial charge on any atom is -0.497 e. The highest BCUT2D eigenvalue weighted by Gasteiger charge is 2.15. The Bertz CT molecular complexity index is 821. The number of nitrogens with zero attached hydrogens (tertiary/aromatic N) is 4. The lowest BCUT2D eigenvalue weighted by Crippen LogP contribution is -1.91. The molecule has 24 heavy (non-hydrogen) atoms. The van der Waals surface area contributed by atoms with E-state index in [0.717, 1.165) is 14.2 Å². The highest BCUT2D eigenvalue weighted by atomic mass is 32.2. The molecule has 2 aromatic heterocycles. The first-order chi connectivity index (χ1) is 11.7. The summed E-state index contributed by atoms with van der Waals surface area (Å²) in [5.74, 6) is 2.87. The molecule has 0 fully saturated rings. The summed E-state index contributed by atoms with van der Waals surface area (Å²) in [6.45, 7) is 0. The Hall–Kier alpha value is -1.78. The first-order valence-corrected chi connectivity index (χ1v) is 9.81. The van der Waals surface area contributed by atoms with Crippen LogP contribution in [0.1, 0.15) is 5.89 Å². The van der Waals surface area contributed by atoms with Crippen LogP contribution in [0, 0.1) is 0 Å². The van der Waals surface area contributed by atoms with E-state index in [9.17, 15) is 0 Å². The zero-order valence-corrected chi connectivity index (χ0v) is 15.6. The zero-order chi connectivity index (χ0) is 16.9. The van der Waals surface area contributed by atoms with Gasteiger partial charge >= 0.3 is 0 Å². The van der Waals surface area contributed by atoms with Crippen LogP contribution in [-0.2, 0) is 5.75 Å². The number of aromatic nitrogens is 4. The van der Waals surface area contributed by atoms with Gasteiger partial charge in [0, 0.05) is 6.07 Å². The number of thioether (sulfide) groups is 2. The summed E-state index contributed by atoms with van der Waals surface area (Å²) in [5.41, 5.74) is 0.749. The largest absolute Gasteiger partial charge is 0.497 e. The van der Waals surface area contributed by atoms with Gasteiger partial charge in [-0.15, -0.1) is 10.2 Å². The second-order valence-electron chi connectivity index (χ2n) is 4.40. The Labute approximate surface area is 151 Å². The van der Waals surface area contributed by atoms with Gasteiger partial charge < -0.3 is 14.0 Å². The molecular formula is C14H14N4O3S3. The number of benzene rings is 1. The van der Waals surface area contributed by atoms with E-state index in [2.05, 4.69) is 20.3 Å². The second-order valence-corrected chi connectivity index (χ2v) is 7.66. The molecule has 0 amide bonds. The third-order valence-electron chi connectivity index (χ3n) is 3.00. The lowest BCUT2D eigenvalue weighted by molar-refractivity contribution is 0.388. The number of ether oxygens (including phenoxy) is 2. The fraction of sp³-hybridized carbons (Fsp3) is 0.286. The Morgan fingerprint density at radius 2 is 2.00 bits per heavy atom. The van der Waals surface area contributed by atoms with Crippen LogP contribution in [-0.4, -0.2) is 40.8 Å². The molecule has 0 saturated carbocycles. The van der Waals surface area contributed by atoms with E-state index in [1.807, 2.05) is 18.4 Å². The predicted molar refractivity (Wildman–Crippen MR) is 94.1 cm³/mol. The predicted octanol–water partition coefficient (Wildman–Crippen LogP) is 3.62. The Morgan fingerprint density at radius 1 is 1.17 bits per heavy atom. The molecule has 0 saturated heterocycles. The standard InChI is InChI=1S/C14H14N4O3S3/c1-19-8-4-5-9(10(6-8)20-2)12-15-11(21-18-12)7-23-14-17-16-13(22-3)24-14/h4-6H,7H2,1-3H3. The molecule has 0 aliphatic carbocycles. The van der Waals surface area contributed by atoms with Crippen molar-refractivity contribution in [1.29, 1.82) is 0 Å². The highest BCUT2D eigenvalue weighted by Crippen LogP contribution is 2.33. The summed E-state index contributed by atoms with van der Waals surface area (Å²) in [6.07, 6.45) is 1.97. The van der Waals surface area contributed by atoms with Gasteiger partial charge in [-0.3, -0.25) is 0 Å². The maximum absolute atomic E-state index is 5.37. The molecule has 0 N–H and O–H groups in total. The van der Waals surface area contributed by atoms with Gasteiger partial charge in [0.2, 0.25) is 11.7 Å². The summed E-state index contributed by atoms with van der Waals surface area (Å²) in [7, 11) is 3.20. The fourth-order valence-corrected chi connectivity index (χ4v) is 4.14. The van der Waals surface area contributed by atoms with Crippen molar-refractivity contribution in [3.05, 3.63) is 24.1 Å². The van der Waals surface area contributed by atoms with E-state index in [1.165, 1.54) is 11.8 Å². The molecule has 2 heterocycles. The lowest BCUT2D eigenvalue weighted by atomic mass is 10.2. The third kappa shape index (κ3) is 3.82. The van der Waals surface area contributed by atoms with Gasteiger partial charge in [0.15, 0.2) is 8.68 Å². The van der Waals surface area contributed by atoms with Crippen molar-refractivity contribution in [3.63, 3.8) is 0 Å². The Balaban J connectivity index is 1.73. The van der Waals surface area contributed by atoms with Gasteiger partial charge in [-0.25, -0.2) is 0 Å². The summed E-state index contributed by atoms with van der Waals surface area (Å²) >= 11 is 4.64. The summed E-state index contributed by atoms with van der Waals surface area (Å²) in [4.78, 5) is 4.42. The third-order valence-corrected chi connectivity index (χ3v) is 6.02. The lowest BCUT2D eigenvalue weighted by Gasteiger charge is -2.07. The van der Waals surface area contributed by atoms with Gasteiger partial charge in [0.05, 0.1) is 25.5 Å². The number of methoxy groups -OCH3 is 2. The van der Waals surface area contributed by atoms with Crippen LogP contribution in [0.5, 0.6) is 11.5 Å². The topological polar surface area (TPSA) is 83.2 Å². The first kappa shape index (κ1) is 17.1. The van der Waals surface area contributed by atoms with Crippen molar-refractivity contribution in [3.8, 4) is 22.9 Å². The molecule has 0 radical (unpaired) electrons. The molecule has 126 valence electrons. The molecule has 1 aromatic carbocycles. The van der Waals surface area contributed by atoms with E-state index in [1.54, 1.807) is 43.4 Å². The molecule has 7 nitrogen and oxygen atoms in total. The minimum atomic E-state index is 0.479.